The first-order valence-electron chi connectivity index (χ1n) is 16.1. The molecule has 21 nitrogen and oxygen atoms in total. The van der Waals surface area contributed by atoms with E-state index in [1.807, 2.05) is 19.2 Å². The number of ether oxygens (including phenoxy) is 4. The third-order valence-corrected chi connectivity index (χ3v) is 5.60. The summed E-state index contributed by atoms with van der Waals surface area (Å²) in [6.45, 7) is 21.4. The van der Waals surface area contributed by atoms with Gasteiger partial charge in [0.05, 0.1) is 6.67 Å². The van der Waals surface area contributed by atoms with Crippen LogP contribution in [0.3, 0.4) is 0 Å². The molecule has 8 N–H and O–H groups in total. The van der Waals surface area contributed by atoms with Crippen molar-refractivity contribution in [2.24, 2.45) is 0 Å². The molecule has 1 saturated heterocycles. The highest BCUT2D eigenvalue weighted by atomic mass is 16.6. The summed E-state index contributed by atoms with van der Waals surface area (Å²) < 4.78 is 19.0. The molecule has 1 heterocycles. The molecule has 0 aliphatic carbocycles. The van der Waals surface area contributed by atoms with E-state index in [-0.39, 0.29) is 55.8 Å². The van der Waals surface area contributed by atoms with Gasteiger partial charge < -0.3 is 55.5 Å². The largest absolute Gasteiger partial charge is 0.462 e. The lowest BCUT2D eigenvalue weighted by Crippen LogP contribution is -2.64. The minimum atomic E-state index is -1.52. The SMILES string of the molecule is C=C(C)C(=O)OCCOC(=O)CC(=O)NCNC(C)=O.C=CC(=O)NC(C)=O.C=CC(=O)NC(C)C.C=CC(=O)OCC1OC(O)C(NC(C)=O)C(O)C1O. The Morgan fingerprint density at radius 2 is 1.31 bits per heavy atom. The number of aliphatic hydroxyl groups excluding tert-OH is 3. The van der Waals surface area contributed by atoms with Crippen LogP contribution in [0.25, 0.3) is 0 Å². The van der Waals surface area contributed by atoms with E-state index in [1.54, 1.807) is 0 Å². The van der Waals surface area contributed by atoms with Crippen LogP contribution in [0.1, 0.15) is 48.0 Å². The van der Waals surface area contributed by atoms with Crippen LogP contribution in [0.5, 0.6) is 0 Å². The second kappa shape index (κ2) is 30.7. The summed E-state index contributed by atoms with van der Waals surface area (Å²) in [7, 11) is 0. The van der Waals surface area contributed by atoms with Crippen molar-refractivity contribution in [1.82, 2.24) is 26.6 Å². The molecule has 1 fully saturated rings. The molecule has 55 heavy (non-hydrogen) atoms. The molecule has 5 unspecified atom stereocenters. The Balaban J connectivity index is -0.000000712. The van der Waals surface area contributed by atoms with E-state index in [2.05, 4.69) is 61.8 Å². The number of nitrogens with one attached hydrogen (secondary N) is 5. The monoisotopic (exact) mass is 787 g/mol. The summed E-state index contributed by atoms with van der Waals surface area (Å²) in [4.78, 5) is 96.3. The molecule has 1 rings (SSSR count). The molecule has 0 saturated carbocycles. The van der Waals surface area contributed by atoms with Gasteiger partial charge in [-0.3, -0.25) is 38.9 Å². The third kappa shape index (κ3) is 30.4. The number of aliphatic hydroxyl groups is 3. The molecular formula is C34H53N5O16. The number of rotatable bonds is 15. The van der Waals surface area contributed by atoms with Crippen LogP contribution >= 0.6 is 0 Å². The zero-order chi connectivity index (χ0) is 43.3. The van der Waals surface area contributed by atoms with Gasteiger partial charge in [-0.05, 0) is 32.9 Å². The van der Waals surface area contributed by atoms with Crippen LogP contribution in [-0.2, 0) is 62.1 Å². The Hall–Kier alpha value is -5.77. The fourth-order valence-corrected chi connectivity index (χ4v) is 3.19. The maximum absolute atomic E-state index is 11.2. The van der Waals surface area contributed by atoms with Crippen LogP contribution in [0.4, 0.5) is 0 Å². The topological polar surface area (TPSA) is 311 Å². The Morgan fingerprint density at radius 1 is 0.745 bits per heavy atom. The third-order valence-electron chi connectivity index (χ3n) is 5.60. The standard InChI is InChI=1S/C12H18N2O6.C11H17NO7.C6H11NO.C5H7NO2/c1-8(2)12(18)20-5-4-19-11(17)6-10(16)14-7-13-9(3)15;1-3-7(14)18-4-6-9(15)10(16)8(11(17)19-6)12-5(2)13;1-4-6(8)7-5(2)3;1-3-5(8)6-4(2)7/h1,4-7H2,2-3H3,(H,13,15)(H,14,16);3,6,8-11,15-17H,1,4H2,2H3,(H,12,13);4-5H,1H2,2-3H3,(H,7,8);3H,1H2,2H3,(H,6,7,8). The molecule has 0 bridgehead atoms. The highest BCUT2D eigenvalue weighted by Crippen LogP contribution is 2.20. The van der Waals surface area contributed by atoms with Gasteiger partial charge in [0, 0.05) is 38.5 Å². The average Bonchev–Trinajstić information content (AvgIpc) is 3.09. The van der Waals surface area contributed by atoms with E-state index >= 15 is 0 Å². The summed E-state index contributed by atoms with van der Waals surface area (Å²) in [6, 6.07) is -0.945. The van der Waals surface area contributed by atoms with Gasteiger partial charge in [0.2, 0.25) is 35.4 Å². The molecule has 21 heteroatoms. The fraction of sp³-hybridized carbons (Fsp3) is 0.500. The number of esters is 3. The summed E-state index contributed by atoms with van der Waals surface area (Å²) in [5.41, 5.74) is 0.244. The van der Waals surface area contributed by atoms with Crippen molar-refractivity contribution in [1.29, 1.82) is 0 Å². The van der Waals surface area contributed by atoms with Gasteiger partial charge in [-0.25, -0.2) is 9.59 Å². The zero-order valence-electron chi connectivity index (χ0n) is 31.7. The van der Waals surface area contributed by atoms with Gasteiger partial charge in [-0.1, -0.05) is 26.3 Å². The van der Waals surface area contributed by atoms with Gasteiger partial charge in [0.1, 0.15) is 50.6 Å². The van der Waals surface area contributed by atoms with Crippen LogP contribution in [0.2, 0.25) is 0 Å². The van der Waals surface area contributed by atoms with Gasteiger partial charge >= 0.3 is 17.9 Å². The Labute approximate surface area is 318 Å². The van der Waals surface area contributed by atoms with Crippen LogP contribution in [-0.4, -0.2) is 132 Å². The molecule has 0 aromatic heterocycles. The van der Waals surface area contributed by atoms with Crippen LogP contribution < -0.4 is 26.6 Å². The Morgan fingerprint density at radius 3 is 1.73 bits per heavy atom. The number of imide groups is 1. The number of hydrogen-bond acceptors (Lipinski definition) is 16. The van der Waals surface area contributed by atoms with E-state index in [1.165, 1.54) is 33.8 Å². The molecule has 310 valence electrons. The van der Waals surface area contributed by atoms with Crippen molar-refractivity contribution in [3.63, 3.8) is 0 Å². The van der Waals surface area contributed by atoms with Crippen molar-refractivity contribution in [3.8, 4) is 0 Å². The average molecular weight is 788 g/mol. The maximum atomic E-state index is 11.2. The van der Waals surface area contributed by atoms with Gasteiger partial charge in [-0.15, -0.1) is 0 Å². The van der Waals surface area contributed by atoms with Gasteiger partial charge in [-0.2, -0.15) is 0 Å². The van der Waals surface area contributed by atoms with Crippen molar-refractivity contribution < 1.29 is 77.4 Å². The molecule has 1 aliphatic rings. The lowest BCUT2D eigenvalue weighted by molar-refractivity contribution is -0.255. The summed E-state index contributed by atoms with van der Waals surface area (Å²) in [5.74, 6) is -4.35. The van der Waals surface area contributed by atoms with Crippen LogP contribution in [0.15, 0.2) is 50.1 Å². The lowest BCUT2D eigenvalue weighted by atomic mass is 9.97. The predicted molar refractivity (Wildman–Crippen MR) is 192 cm³/mol. The first kappa shape index (κ1) is 53.6. The molecule has 5 atom stereocenters. The molecule has 6 amide bonds. The number of carbonyl (C=O) groups is 9. The van der Waals surface area contributed by atoms with Crippen molar-refractivity contribution in [2.75, 3.05) is 26.5 Å². The minimum absolute atomic E-state index is 0.0579. The summed E-state index contributed by atoms with van der Waals surface area (Å²) in [5, 5.41) is 40.7. The summed E-state index contributed by atoms with van der Waals surface area (Å²) >= 11 is 0. The van der Waals surface area contributed by atoms with Crippen molar-refractivity contribution in [3.05, 3.63) is 50.1 Å². The molecule has 1 aliphatic heterocycles. The molecule has 0 aromatic rings. The first-order valence-corrected chi connectivity index (χ1v) is 16.1. The van der Waals surface area contributed by atoms with Crippen molar-refractivity contribution in [2.45, 2.75) is 84.6 Å². The number of amides is 6. The van der Waals surface area contributed by atoms with E-state index < -0.39 is 72.7 Å². The van der Waals surface area contributed by atoms with Gasteiger partial charge in [0.15, 0.2) is 6.29 Å². The van der Waals surface area contributed by atoms with E-state index in [9.17, 15) is 58.5 Å². The Kier molecular flexibility index (Phi) is 29.9. The van der Waals surface area contributed by atoms with E-state index in [4.69, 9.17) is 4.74 Å². The summed E-state index contributed by atoms with van der Waals surface area (Å²) in [6.07, 6.45) is -2.72. The second-order valence-electron chi connectivity index (χ2n) is 11.0. The highest BCUT2D eigenvalue weighted by molar-refractivity contribution is 5.99. The first-order chi connectivity index (χ1) is 25.5. The predicted octanol–water partition coefficient (Wildman–Crippen LogP) is -2.56. The van der Waals surface area contributed by atoms with Crippen molar-refractivity contribution >= 4 is 53.4 Å². The molecule has 0 radical (unpaired) electrons. The quantitative estimate of drug-likeness (QED) is 0.0211. The minimum Gasteiger partial charge on any atom is -0.462 e. The molecule has 0 aromatic carbocycles. The van der Waals surface area contributed by atoms with Crippen LogP contribution in [0, 0.1) is 0 Å². The molecule has 0 spiro atoms. The normalized spacial score (nSPS) is 17.7. The maximum Gasteiger partial charge on any atom is 0.333 e. The van der Waals surface area contributed by atoms with Gasteiger partial charge in [0.25, 0.3) is 0 Å². The number of carbonyl (C=O) groups excluding carboxylic acids is 9. The van der Waals surface area contributed by atoms with E-state index in [0.717, 1.165) is 12.2 Å². The van der Waals surface area contributed by atoms with E-state index in [0.29, 0.717) is 0 Å². The fourth-order valence-electron chi connectivity index (χ4n) is 3.19. The molecular weight excluding hydrogens is 734 g/mol. The second-order valence-corrected chi connectivity index (χ2v) is 11.0. The number of hydrogen-bond donors (Lipinski definition) is 8. The zero-order valence-corrected chi connectivity index (χ0v) is 31.7. The lowest BCUT2D eigenvalue weighted by Gasteiger charge is -2.40. The smallest absolute Gasteiger partial charge is 0.333 e. The Bertz CT molecular complexity index is 1370. The highest BCUT2D eigenvalue weighted by Gasteiger charge is 2.44.